The average Bonchev–Trinajstić information content (AvgIpc) is 2.20. The van der Waals surface area contributed by atoms with Gasteiger partial charge in [0.25, 0.3) is 0 Å². The van der Waals surface area contributed by atoms with Gasteiger partial charge < -0.3 is 5.32 Å². The van der Waals surface area contributed by atoms with Crippen molar-refractivity contribution in [1.29, 1.82) is 0 Å². The number of benzene rings is 1. The SMILES string of the molecule is Cl.Fc1ccc([C@H]2CCCCN2)cc1. The summed E-state index contributed by atoms with van der Waals surface area (Å²) in [5, 5.41) is 3.43. The molecule has 0 amide bonds. The lowest BCUT2D eigenvalue weighted by Gasteiger charge is -2.23. The molecule has 78 valence electrons. The highest BCUT2D eigenvalue weighted by atomic mass is 35.5. The van der Waals surface area contributed by atoms with E-state index in [0.29, 0.717) is 6.04 Å². The van der Waals surface area contributed by atoms with E-state index in [1.54, 1.807) is 0 Å². The maximum absolute atomic E-state index is 12.6. The van der Waals surface area contributed by atoms with Gasteiger partial charge in [0.1, 0.15) is 5.82 Å². The average molecular weight is 216 g/mol. The maximum Gasteiger partial charge on any atom is 0.123 e. The molecule has 0 aromatic heterocycles. The van der Waals surface area contributed by atoms with Crippen molar-refractivity contribution in [2.24, 2.45) is 0 Å². The van der Waals surface area contributed by atoms with E-state index in [2.05, 4.69) is 5.32 Å². The molecule has 1 heterocycles. The Labute approximate surface area is 90.1 Å². The molecule has 1 aromatic rings. The maximum atomic E-state index is 12.6. The van der Waals surface area contributed by atoms with Crippen LogP contribution in [0.2, 0.25) is 0 Å². The zero-order valence-corrected chi connectivity index (χ0v) is 8.82. The van der Waals surface area contributed by atoms with Crippen molar-refractivity contribution in [2.45, 2.75) is 25.3 Å². The Morgan fingerprint density at radius 3 is 2.43 bits per heavy atom. The first-order valence-electron chi connectivity index (χ1n) is 4.85. The number of nitrogens with one attached hydrogen (secondary N) is 1. The molecule has 1 fully saturated rings. The van der Waals surface area contributed by atoms with Crippen LogP contribution >= 0.6 is 12.4 Å². The third-order valence-electron chi connectivity index (χ3n) is 2.58. The lowest BCUT2D eigenvalue weighted by atomic mass is 9.98. The van der Waals surface area contributed by atoms with Crippen LogP contribution in [0.3, 0.4) is 0 Å². The van der Waals surface area contributed by atoms with Gasteiger partial charge in [-0.1, -0.05) is 18.6 Å². The topological polar surface area (TPSA) is 12.0 Å². The Morgan fingerprint density at radius 2 is 1.86 bits per heavy atom. The van der Waals surface area contributed by atoms with E-state index >= 15 is 0 Å². The Balaban J connectivity index is 0.000000980. The lowest BCUT2D eigenvalue weighted by Crippen LogP contribution is -2.26. The molecule has 0 saturated carbocycles. The van der Waals surface area contributed by atoms with Gasteiger partial charge in [-0.15, -0.1) is 12.4 Å². The highest BCUT2D eigenvalue weighted by Crippen LogP contribution is 2.22. The van der Waals surface area contributed by atoms with Crippen LogP contribution in [-0.2, 0) is 0 Å². The van der Waals surface area contributed by atoms with E-state index < -0.39 is 0 Å². The zero-order valence-electron chi connectivity index (χ0n) is 8.00. The Kier molecular flexibility index (Phi) is 4.36. The van der Waals surface area contributed by atoms with E-state index in [-0.39, 0.29) is 18.2 Å². The Bertz CT molecular complexity index is 267. The number of hydrogen-bond acceptors (Lipinski definition) is 1. The summed E-state index contributed by atoms with van der Waals surface area (Å²) in [6.45, 7) is 1.09. The van der Waals surface area contributed by atoms with E-state index in [1.165, 1.54) is 37.0 Å². The van der Waals surface area contributed by atoms with E-state index in [9.17, 15) is 4.39 Å². The lowest BCUT2D eigenvalue weighted by molar-refractivity contribution is 0.412. The number of halogens is 2. The van der Waals surface area contributed by atoms with Crippen LogP contribution in [0.15, 0.2) is 24.3 Å². The molecule has 3 heteroatoms. The summed E-state index contributed by atoms with van der Waals surface area (Å²) in [4.78, 5) is 0. The number of rotatable bonds is 1. The summed E-state index contributed by atoms with van der Waals surface area (Å²) in [5.74, 6) is -0.153. The second kappa shape index (κ2) is 5.32. The molecule has 0 radical (unpaired) electrons. The van der Waals surface area contributed by atoms with Crippen LogP contribution in [0.5, 0.6) is 0 Å². The fourth-order valence-electron chi connectivity index (χ4n) is 1.83. The normalized spacial score (nSPS) is 21.4. The fraction of sp³-hybridized carbons (Fsp3) is 0.455. The van der Waals surface area contributed by atoms with Crippen molar-refractivity contribution in [3.05, 3.63) is 35.6 Å². The predicted octanol–water partition coefficient (Wildman–Crippen LogP) is 3.06. The third-order valence-corrected chi connectivity index (χ3v) is 2.58. The van der Waals surface area contributed by atoms with E-state index in [1.807, 2.05) is 12.1 Å². The van der Waals surface area contributed by atoms with Gasteiger partial charge in [0.15, 0.2) is 0 Å². The molecule has 1 saturated heterocycles. The quantitative estimate of drug-likeness (QED) is 0.759. The smallest absolute Gasteiger partial charge is 0.123 e. The van der Waals surface area contributed by atoms with Gasteiger partial charge in [-0.25, -0.2) is 4.39 Å². The minimum absolute atomic E-state index is 0. The molecular weight excluding hydrogens is 201 g/mol. The van der Waals surface area contributed by atoms with Gasteiger partial charge in [-0.05, 0) is 37.1 Å². The molecule has 1 nitrogen and oxygen atoms in total. The summed E-state index contributed by atoms with van der Waals surface area (Å²) in [6, 6.07) is 7.25. The van der Waals surface area contributed by atoms with Gasteiger partial charge >= 0.3 is 0 Å². The summed E-state index contributed by atoms with van der Waals surface area (Å²) >= 11 is 0. The zero-order chi connectivity index (χ0) is 9.10. The van der Waals surface area contributed by atoms with E-state index in [0.717, 1.165) is 6.54 Å². The van der Waals surface area contributed by atoms with Crippen molar-refractivity contribution in [3.63, 3.8) is 0 Å². The van der Waals surface area contributed by atoms with Gasteiger partial charge in [0.2, 0.25) is 0 Å². The standard InChI is InChI=1S/C11H14FN.ClH/c12-10-6-4-9(5-7-10)11-3-1-2-8-13-11;/h4-7,11,13H,1-3,8H2;1H/t11-;/m1./s1. The summed E-state index contributed by atoms with van der Waals surface area (Å²) in [5.41, 5.74) is 1.21. The fourth-order valence-corrected chi connectivity index (χ4v) is 1.83. The molecule has 1 aromatic carbocycles. The highest BCUT2D eigenvalue weighted by Gasteiger charge is 2.13. The van der Waals surface area contributed by atoms with Gasteiger partial charge in [0, 0.05) is 6.04 Å². The molecule has 0 spiro atoms. The van der Waals surface area contributed by atoms with Crippen LogP contribution in [0.4, 0.5) is 4.39 Å². The van der Waals surface area contributed by atoms with Gasteiger partial charge in [0.05, 0.1) is 0 Å². The van der Waals surface area contributed by atoms with Crippen LogP contribution in [0, 0.1) is 5.82 Å². The molecular formula is C11H15ClFN. The van der Waals surface area contributed by atoms with Crippen LogP contribution in [-0.4, -0.2) is 6.54 Å². The molecule has 0 bridgehead atoms. The predicted molar refractivity (Wildman–Crippen MR) is 58.2 cm³/mol. The highest BCUT2D eigenvalue weighted by molar-refractivity contribution is 5.85. The Hall–Kier alpha value is -0.600. The second-order valence-corrected chi connectivity index (χ2v) is 3.55. The summed E-state index contributed by atoms with van der Waals surface area (Å²) in [7, 11) is 0. The summed E-state index contributed by atoms with van der Waals surface area (Å²) < 4.78 is 12.6. The van der Waals surface area contributed by atoms with Gasteiger partial charge in [-0.3, -0.25) is 0 Å². The third kappa shape index (κ3) is 2.69. The molecule has 1 atom stereocenters. The molecule has 1 aliphatic heterocycles. The minimum atomic E-state index is -0.153. The first-order valence-corrected chi connectivity index (χ1v) is 4.85. The monoisotopic (exact) mass is 215 g/mol. The van der Waals surface area contributed by atoms with E-state index in [4.69, 9.17) is 0 Å². The van der Waals surface area contributed by atoms with Crippen LogP contribution in [0.25, 0.3) is 0 Å². The van der Waals surface area contributed by atoms with Crippen molar-refractivity contribution >= 4 is 12.4 Å². The minimum Gasteiger partial charge on any atom is -0.310 e. The molecule has 0 unspecified atom stereocenters. The molecule has 2 rings (SSSR count). The van der Waals surface area contributed by atoms with Crippen LogP contribution < -0.4 is 5.32 Å². The van der Waals surface area contributed by atoms with Gasteiger partial charge in [-0.2, -0.15) is 0 Å². The summed E-state index contributed by atoms with van der Waals surface area (Å²) in [6.07, 6.45) is 3.71. The van der Waals surface area contributed by atoms with Crippen molar-refractivity contribution in [1.82, 2.24) is 5.32 Å². The first kappa shape index (κ1) is 11.5. The molecule has 1 N–H and O–H groups in total. The molecule has 14 heavy (non-hydrogen) atoms. The van der Waals surface area contributed by atoms with Crippen molar-refractivity contribution in [2.75, 3.05) is 6.54 Å². The van der Waals surface area contributed by atoms with Crippen LogP contribution in [0.1, 0.15) is 30.9 Å². The van der Waals surface area contributed by atoms with Crippen molar-refractivity contribution in [3.8, 4) is 0 Å². The Morgan fingerprint density at radius 1 is 1.14 bits per heavy atom. The number of piperidine rings is 1. The molecule has 0 aliphatic carbocycles. The second-order valence-electron chi connectivity index (χ2n) is 3.55. The largest absolute Gasteiger partial charge is 0.310 e. The number of hydrogen-bond donors (Lipinski definition) is 1. The molecule has 1 aliphatic rings. The first-order chi connectivity index (χ1) is 6.36. The van der Waals surface area contributed by atoms with Crippen molar-refractivity contribution < 1.29 is 4.39 Å².